The van der Waals surface area contributed by atoms with Gasteiger partial charge in [-0.1, -0.05) is 32.9 Å². The summed E-state index contributed by atoms with van der Waals surface area (Å²) >= 11 is 1.59. The second-order valence-electron chi connectivity index (χ2n) is 5.97. The number of carbonyl (C=O) groups is 1. The number of nitrogens with two attached hydrogens (primary N) is 1. The second-order valence-corrected chi connectivity index (χ2v) is 7.08. The van der Waals surface area contributed by atoms with Gasteiger partial charge in [-0.25, -0.2) is 4.98 Å². The minimum atomic E-state index is -0.102. The Morgan fingerprint density at radius 2 is 2.05 bits per heavy atom. The molecule has 1 atom stereocenters. The van der Waals surface area contributed by atoms with Crippen LogP contribution in [0.1, 0.15) is 32.2 Å². The van der Waals surface area contributed by atoms with E-state index in [0.717, 1.165) is 15.2 Å². The maximum atomic E-state index is 12.0. The van der Waals surface area contributed by atoms with Crippen LogP contribution in [0.4, 0.5) is 0 Å². The van der Waals surface area contributed by atoms with Crippen molar-refractivity contribution in [1.82, 2.24) is 4.98 Å². The molecule has 0 bridgehead atoms. The molecule has 0 saturated heterocycles. The fourth-order valence-corrected chi connectivity index (χ4v) is 2.78. The van der Waals surface area contributed by atoms with E-state index in [9.17, 15) is 4.79 Å². The van der Waals surface area contributed by atoms with Gasteiger partial charge in [-0.2, -0.15) is 0 Å². The molecular weight excluding hydrogens is 256 g/mol. The number of thiazole rings is 1. The van der Waals surface area contributed by atoms with Gasteiger partial charge in [0.2, 0.25) is 0 Å². The largest absolute Gasteiger partial charge is 0.327 e. The highest BCUT2D eigenvalue weighted by atomic mass is 32.1. The zero-order valence-electron chi connectivity index (χ0n) is 11.6. The van der Waals surface area contributed by atoms with E-state index < -0.39 is 0 Å². The van der Waals surface area contributed by atoms with Gasteiger partial charge in [0.15, 0.2) is 0 Å². The zero-order valence-corrected chi connectivity index (χ0v) is 12.5. The van der Waals surface area contributed by atoms with E-state index in [0.29, 0.717) is 12.8 Å². The molecule has 0 aliphatic carbocycles. The molecule has 102 valence electrons. The lowest BCUT2D eigenvalue weighted by molar-refractivity contribution is -0.119. The van der Waals surface area contributed by atoms with Crippen LogP contribution in [0.15, 0.2) is 24.3 Å². The SMILES string of the molecule is CC(C)(C)C(N)CC(=O)Cc1nc2ccccc2s1. The third-order valence-electron chi connectivity index (χ3n) is 3.25. The predicted molar refractivity (Wildman–Crippen MR) is 80.4 cm³/mol. The van der Waals surface area contributed by atoms with E-state index in [-0.39, 0.29) is 17.2 Å². The molecule has 1 unspecified atom stereocenters. The molecule has 0 amide bonds. The third kappa shape index (κ3) is 3.61. The number of nitrogens with zero attached hydrogens (tertiary/aromatic N) is 1. The van der Waals surface area contributed by atoms with Crippen LogP contribution < -0.4 is 5.73 Å². The third-order valence-corrected chi connectivity index (χ3v) is 4.28. The molecule has 1 aromatic heterocycles. The molecule has 0 spiro atoms. The van der Waals surface area contributed by atoms with Gasteiger partial charge < -0.3 is 5.73 Å². The van der Waals surface area contributed by atoms with Crippen molar-refractivity contribution in [3.05, 3.63) is 29.3 Å². The first-order valence-corrected chi connectivity index (χ1v) is 7.29. The monoisotopic (exact) mass is 276 g/mol. The van der Waals surface area contributed by atoms with Crippen molar-refractivity contribution < 1.29 is 4.79 Å². The lowest BCUT2D eigenvalue weighted by Gasteiger charge is -2.26. The van der Waals surface area contributed by atoms with E-state index >= 15 is 0 Å². The van der Waals surface area contributed by atoms with Crippen LogP contribution in [0.2, 0.25) is 0 Å². The van der Waals surface area contributed by atoms with Crippen molar-refractivity contribution in [1.29, 1.82) is 0 Å². The standard InChI is InChI=1S/C15H20N2OS/c1-15(2,3)13(16)8-10(18)9-14-17-11-6-4-5-7-12(11)19-14/h4-7,13H,8-9,16H2,1-3H3. The van der Waals surface area contributed by atoms with Crippen LogP contribution in [-0.2, 0) is 11.2 Å². The Hall–Kier alpha value is -1.26. The Morgan fingerprint density at radius 3 is 2.68 bits per heavy atom. The Morgan fingerprint density at radius 1 is 1.37 bits per heavy atom. The number of fused-ring (bicyclic) bond motifs is 1. The topological polar surface area (TPSA) is 56.0 Å². The van der Waals surface area contributed by atoms with E-state index in [1.54, 1.807) is 11.3 Å². The number of ketones is 1. The molecule has 19 heavy (non-hydrogen) atoms. The molecule has 0 aliphatic rings. The molecule has 3 nitrogen and oxygen atoms in total. The van der Waals surface area contributed by atoms with Crippen molar-refractivity contribution in [2.24, 2.45) is 11.1 Å². The average Bonchev–Trinajstić information content (AvgIpc) is 2.69. The smallest absolute Gasteiger partial charge is 0.141 e. The Kier molecular flexibility index (Phi) is 4.02. The average molecular weight is 276 g/mol. The summed E-state index contributed by atoms with van der Waals surface area (Å²) in [4.78, 5) is 16.5. The van der Waals surface area contributed by atoms with Crippen molar-refractivity contribution in [3.63, 3.8) is 0 Å². The highest BCUT2D eigenvalue weighted by molar-refractivity contribution is 7.18. The van der Waals surface area contributed by atoms with Gasteiger partial charge in [-0.05, 0) is 17.5 Å². The highest BCUT2D eigenvalue weighted by Gasteiger charge is 2.23. The van der Waals surface area contributed by atoms with Gasteiger partial charge >= 0.3 is 0 Å². The van der Waals surface area contributed by atoms with Crippen molar-refractivity contribution >= 4 is 27.3 Å². The molecule has 4 heteroatoms. The first kappa shape index (κ1) is 14.2. The summed E-state index contributed by atoms with van der Waals surface area (Å²) in [5.74, 6) is 0.168. The molecular formula is C15H20N2OS. The molecule has 0 fully saturated rings. The van der Waals surface area contributed by atoms with Crippen LogP contribution in [0, 0.1) is 5.41 Å². The molecule has 2 N–H and O–H groups in total. The molecule has 2 rings (SSSR count). The maximum absolute atomic E-state index is 12.0. The molecule has 2 aromatic rings. The fraction of sp³-hybridized carbons (Fsp3) is 0.467. The molecule has 0 aliphatic heterocycles. The predicted octanol–water partition coefficient (Wildman–Crippen LogP) is 3.17. The van der Waals surface area contributed by atoms with Crippen molar-refractivity contribution in [3.8, 4) is 0 Å². The summed E-state index contributed by atoms with van der Waals surface area (Å²) in [5, 5.41) is 0.882. The van der Waals surface area contributed by atoms with Gasteiger partial charge in [0.05, 0.1) is 16.6 Å². The summed E-state index contributed by atoms with van der Waals surface area (Å²) in [6, 6.07) is 7.85. The lowest BCUT2D eigenvalue weighted by Crippen LogP contribution is -2.37. The highest BCUT2D eigenvalue weighted by Crippen LogP contribution is 2.24. The number of hydrogen-bond acceptors (Lipinski definition) is 4. The van der Waals surface area contributed by atoms with E-state index in [4.69, 9.17) is 5.73 Å². The van der Waals surface area contributed by atoms with E-state index in [1.807, 2.05) is 24.3 Å². The van der Waals surface area contributed by atoms with Gasteiger partial charge in [-0.3, -0.25) is 4.79 Å². The van der Waals surface area contributed by atoms with E-state index in [1.165, 1.54) is 0 Å². The molecule has 1 heterocycles. The minimum absolute atomic E-state index is 0.0384. The summed E-state index contributed by atoms with van der Waals surface area (Å²) in [6.45, 7) is 6.17. The second kappa shape index (κ2) is 5.39. The number of para-hydroxylation sites is 1. The van der Waals surface area contributed by atoms with Crippen LogP contribution in [0.25, 0.3) is 10.2 Å². The number of hydrogen-bond donors (Lipinski definition) is 1. The number of aromatic nitrogens is 1. The fourth-order valence-electron chi connectivity index (χ4n) is 1.79. The van der Waals surface area contributed by atoms with Gasteiger partial charge in [-0.15, -0.1) is 11.3 Å². The van der Waals surface area contributed by atoms with Gasteiger partial charge in [0, 0.05) is 12.5 Å². The molecule has 1 aromatic carbocycles. The number of Topliss-reactive ketones (excluding diaryl/α,β-unsaturated/α-hetero) is 1. The number of benzene rings is 1. The van der Waals surface area contributed by atoms with Crippen LogP contribution in [0.3, 0.4) is 0 Å². The normalized spacial score (nSPS) is 13.7. The van der Waals surface area contributed by atoms with E-state index in [2.05, 4.69) is 25.8 Å². The molecule has 0 saturated carbocycles. The Labute approximate surface area is 117 Å². The minimum Gasteiger partial charge on any atom is -0.327 e. The quantitative estimate of drug-likeness (QED) is 0.933. The first-order chi connectivity index (χ1) is 8.86. The Balaban J connectivity index is 2.03. The van der Waals surface area contributed by atoms with Gasteiger partial charge in [0.25, 0.3) is 0 Å². The maximum Gasteiger partial charge on any atom is 0.141 e. The number of rotatable bonds is 4. The van der Waals surface area contributed by atoms with Crippen LogP contribution >= 0.6 is 11.3 Å². The van der Waals surface area contributed by atoms with Crippen molar-refractivity contribution in [2.45, 2.75) is 39.7 Å². The van der Waals surface area contributed by atoms with Crippen LogP contribution in [-0.4, -0.2) is 16.8 Å². The summed E-state index contributed by atoms with van der Waals surface area (Å²) in [7, 11) is 0. The lowest BCUT2D eigenvalue weighted by atomic mass is 9.84. The summed E-state index contributed by atoms with van der Waals surface area (Å²) < 4.78 is 1.13. The number of carbonyl (C=O) groups excluding carboxylic acids is 1. The summed E-state index contributed by atoms with van der Waals surface area (Å²) in [5.41, 5.74) is 6.97. The Bertz CT molecular complexity index is 550. The zero-order chi connectivity index (χ0) is 14.0. The van der Waals surface area contributed by atoms with Crippen LogP contribution in [0.5, 0.6) is 0 Å². The summed E-state index contributed by atoms with van der Waals surface area (Å²) in [6.07, 6.45) is 0.808. The van der Waals surface area contributed by atoms with Crippen molar-refractivity contribution in [2.75, 3.05) is 0 Å². The molecule has 0 radical (unpaired) electrons. The first-order valence-electron chi connectivity index (χ1n) is 6.48. The van der Waals surface area contributed by atoms with Gasteiger partial charge in [0.1, 0.15) is 10.8 Å².